The Morgan fingerprint density at radius 3 is 2.81 bits per heavy atom. The third-order valence-electron chi connectivity index (χ3n) is 2.40. The van der Waals surface area contributed by atoms with Gasteiger partial charge in [-0.3, -0.25) is 4.72 Å². The summed E-state index contributed by atoms with van der Waals surface area (Å²) >= 11 is 7.24. The van der Waals surface area contributed by atoms with Crippen molar-refractivity contribution in [2.75, 3.05) is 11.3 Å². The first kappa shape index (κ1) is 15.8. The van der Waals surface area contributed by atoms with Gasteiger partial charge in [-0.15, -0.1) is 11.3 Å². The third kappa shape index (κ3) is 3.95. The van der Waals surface area contributed by atoms with Gasteiger partial charge in [-0.25, -0.2) is 13.4 Å². The van der Waals surface area contributed by atoms with E-state index in [2.05, 4.69) is 21.5 Å². The molecule has 0 aliphatic heterocycles. The van der Waals surface area contributed by atoms with E-state index >= 15 is 0 Å². The quantitative estimate of drug-likeness (QED) is 0.838. The van der Waals surface area contributed by atoms with Crippen LogP contribution in [0, 0.1) is 18.8 Å². The second kappa shape index (κ2) is 6.45. The fourth-order valence-electron chi connectivity index (χ4n) is 1.52. The number of halogens is 1. The maximum Gasteiger partial charge on any atom is 0.265 e. The molecule has 2 aromatic rings. The summed E-state index contributed by atoms with van der Waals surface area (Å²) in [5.74, 6) is 5.47. The highest BCUT2D eigenvalue weighted by atomic mass is 35.5. The highest BCUT2D eigenvalue weighted by Crippen LogP contribution is 2.26. The lowest BCUT2D eigenvalue weighted by molar-refractivity contribution is 0.601. The van der Waals surface area contributed by atoms with E-state index in [0.29, 0.717) is 10.7 Å². The number of rotatable bonds is 3. The Kier molecular flexibility index (Phi) is 4.85. The summed E-state index contributed by atoms with van der Waals surface area (Å²) in [6, 6.07) is 4.48. The predicted octanol–water partition coefficient (Wildman–Crippen LogP) is 2.22. The Morgan fingerprint density at radius 2 is 2.24 bits per heavy atom. The number of benzene rings is 1. The summed E-state index contributed by atoms with van der Waals surface area (Å²) in [5, 5.41) is 2.15. The molecule has 0 amide bonds. The molecule has 1 aromatic carbocycles. The zero-order chi connectivity index (χ0) is 15.5. The number of hydrogen-bond acceptors (Lipinski definition) is 5. The van der Waals surface area contributed by atoms with E-state index in [4.69, 9.17) is 17.3 Å². The standard InChI is InChI=1S/C13H12ClN3O2S2/c1-9-8-20-13(16-9)17-21(18,19)12-5-4-10(3-2-6-15)7-11(12)14/h4-5,7-8H,6,15H2,1H3,(H,16,17). The van der Waals surface area contributed by atoms with Crippen LogP contribution in [0.1, 0.15) is 11.3 Å². The number of aryl methyl sites for hydroxylation is 1. The molecule has 0 bridgehead atoms. The minimum absolute atomic E-state index is 0.0182. The van der Waals surface area contributed by atoms with Crippen LogP contribution in [0.2, 0.25) is 5.02 Å². The molecule has 0 saturated heterocycles. The number of sulfonamides is 1. The van der Waals surface area contributed by atoms with Gasteiger partial charge in [0.2, 0.25) is 0 Å². The lowest BCUT2D eigenvalue weighted by atomic mass is 10.2. The van der Waals surface area contributed by atoms with E-state index in [1.165, 1.54) is 23.5 Å². The van der Waals surface area contributed by atoms with Crippen LogP contribution in [0.4, 0.5) is 5.13 Å². The maximum absolute atomic E-state index is 12.3. The monoisotopic (exact) mass is 341 g/mol. The van der Waals surface area contributed by atoms with Crippen molar-refractivity contribution in [3.63, 3.8) is 0 Å². The zero-order valence-electron chi connectivity index (χ0n) is 11.1. The summed E-state index contributed by atoms with van der Waals surface area (Å²) < 4.78 is 26.9. The molecule has 8 heteroatoms. The van der Waals surface area contributed by atoms with Crippen molar-refractivity contribution in [2.45, 2.75) is 11.8 Å². The molecule has 2 rings (SSSR count). The summed E-state index contributed by atoms with van der Waals surface area (Å²) in [7, 11) is -3.77. The molecule has 0 aliphatic carbocycles. The van der Waals surface area contributed by atoms with Crippen molar-refractivity contribution in [2.24, 2.45) is 5.73 Å². The third-order valence-corrected chi connectivity index (χ3v) is 5.22. The first-order chi connectivity index (χ1) is 9.92. The molecular weight excluding hydrogens is 330 g/mol. The van der Waals surface area contributed by atoms with Crippen molar-refractivity contribution in [3.8, 4) is 11.8 Å². The Bertz CT molecular complexity index is 819. The van der Waals surface area contributed by atoms with Gasteiger partial charge in [0, 0.05) is 10.9 Å². The van der Waals surface area contributed by atoms with Crippen molar-refractivity contribution >= 4 is 38.1 Å². The van der Waals surface area contributed by atoms with Crippen LogP contribution in [0.5, 0.6) is 0 Å². The van der Waals surface area contributed by atoms with Crippen molar-refractivity contribution in [3.05, 3.63) is 39.9 Å². The molecule has 21 heavy (non-hydrogen) atoms. The first-order valence-corrected chi connectivity index (χ1v) is 8.60. The predicted molar refractivity (Wildman–Crippen MR) is 85.0 cm³/mol. The fraction of sp³-hybridized carbons (Fsp3) is 0.154. The van der Waals surface area contributed by atoms with Gasteiger partial charge in [0.25, 0.3) is 10.0 Å². The molecule has 3 N–H and O–H groups in total. The minimum atomic E-state index is -3.77. The summed E-state index contributed by atoms with van der Waals surface area (Å²) in [6.07, 6.45) is 0. The Labute approximate surface area is 132 Å². The minimum Gasteiger partial charge on any atom is -0.320 e. The molecule has 0 spiro atoms. The van der Waals surface area contributed by atoms with Crippen LogP contribution in [0.25, 0.3) is 0 Å². The molecule has 1 heterocycles. The lowest BCUT2D eigenvalue weighted by Crippen LogP contribution is -2.13. The van der Waals surface area contributed by atoms with Gasteiger partial charge in [0.15, 0.2) is 5.13 Å². The zero-order valence-corrected chi connectivity index (χ0v) is 13.4. The molecular formula is C13H12ClN3O2S2. The van der Waals surface area contributed by atoms with E-state index in [1.807, 2.05) is 0 Å². The molecule has 5 nitrogen and oxygen atoms in total. The number of nitrogens with zero attached hydrogens (tertiary/aromatic N) is 1. The Morgan fingerprint density at radius 1 is 1.48 bits per heavy atom. The normalized spacial score (nSPS) is 10.8. The number of anilines is 1. The molecule has 110 valence electrons. The maximum atomic E-state index is 12.3. The van der Waals surface area contributed by atoms with Crippen LogP contribution in [0.15, 0.2) is 28.5 Å². The van der Waals surface area contributed by atoms with Gasteiger partial charge < -0.3 is 5.73 Å². The van der Waals surface area contributed by atoms with Crippen LogP contribution in [-0.2, 0) is 10.0 Å². The number of nitrogens with two attached hydrogens (primary N) is 1. The Balaban J connectivity index is 2.32. The number of hydrogen-bond donors (Lipinski definition) is 2. The topological polar surface area (TPSA) is 85.1 Å². The van der Waals surface area contributed by atoms with Gasteiger partial charge in [0.05, 0.1) is 17.3 Å². The summed E-state index contributed by atoms with van der Waals surface area (Å²) in [5.41, 5.74) is 6.64. The average Bonchev–Trinajstić information content (AvgIpc) is 2.80. The lowest BCUT2D eigenvalue weighted by Gasteiger charge is -2.07. The first-order valence-electron chi connectivity index (χ1n) is 5.86. The number of thiazole rings is 1. The smallest absolute Gasteiger partial charge is 0.265 e. The molecule has 1 aromatic heterocycles. The van der Waals surface area contributed by atoms with Crippen molar-refractivity contribution in [1.29, 1.82) is 0 Å². The van der Waals surface area contributed by atoms with E-state index in [-0.39, 0.29) is 16.5 Å². The molecule has 0 aliphatic rings. The van der Waals surface area contributed by atoms with Gasteiger partial charge in [-0.05, 0) is 25.1 Å². The van der Waals surface area contributed by atoms with Gasteiger partial charge in [-0.2, -0.15) is 0 Å². The van der Waals surface area contributed by atoms with Crippen LogP contribution >= 0.6 is 22.9 Å². The second-order valence-corrected chi connectivity index (χ2v) is 6.97. The second-order valence-electron chi connectivity index (χ2n) is 4.05. The molecule has 0 unspecified atom stereocenters. The largest absolute Gasteiger partial charge is 0.320 e. The van der Waals surface area contributed by atoms with Crippen LogP contribution in [0.3, 0.4) is 0 Å². The summed E-state index contributed by atoms with van der Waals surface area (Å²) in [6.45, 7) is 2.01. The highest BCUT2D eigenvalue weighted by Gasteiger charge is 2.19. The number of nitrogens with one attached hydrogen (secondary N) is 1. The SMILES string of the molecule is Cc1csc(NS(=O)(=O)c2ccc(C#CCN)cc2Cl)n1. The van der Waals surface area contributed by atoms with E-state index in [1.54, 1.807) is 18.4 Å². The Hall–Kier alpha value is -1.59. The van der Waals surface area contributed by atoms with E-state index in [0.717, 1.165) is 5.69 Å². The van der Waals surface area contributed by atoms with E-state index in [9.17, 15) is 8.42 Å². The highest BCUT2D eigenvalue weighted by molar-refractivity contribution is 7.93. The van der Waals surface area contributed by atoms with Gasteiger partial charge in [-0.1, -0.05) is 23.4 Å². The fourth-order valence-corrected chi connectivity index (χ4v) is 4.01. The molecule has 0 radical (unpaired) electrons. The molecule has 0 atom stereocenters. The average molecular weight is 342 g/mol. The number of aromatic nitrogens is 1. The van der Waals surface area contributed by atoms with Gasteiger partial charge in [0.1, 0.15) is 4.90 Å². The van der Waals surface area contributed by atoms with E-state index < -0.39 is 10.0 Å². The van der Waals surface area contributed by atoms with Crippen LogP contribution in [-0.4, -0.2) is 19.9 Å². The van der Waals surface area contributed by atoms with Crippen molar-refractivity contribution in [1.82, 2.24) is 4.98 Å². The molecule has 0 saturated carbocycles. The molecule has 0 fully saturated rings. The summed E-state index contributed by atoms with van der Waals surface area (Å²) in [4.78, 5) is 4.04. The van der Waals surface area contributed by atoms with Crippen molar-refractivity contribution < 1.29 is 8.42 Å². The van der Waals surface area contributed by atoms with Crippen LogP contribution < -0.4 is 10.5 Å². The van der Waals surface area contributed by atoms with Gasteiger partial charge >= 0.3 is 0 Å².